The molecule has 3 aliphatic rings. The molecule has 8 heteroatoms. The van der Waals surface area contributed by atoms with Crippen molar-refractivity contribution < 1.29 is 13.2 Å². The lowest BCUT2D eigenvalue weighted by Crippen LogP contribution is -2.49. The quantitative estimate of drug-likeness (QED) is 0.489. The van der Waals surface area contributed by atoms with E-state index in [0.717, 1.165) is 41.6 Å². The summed E-state index contributed by atoms with van der Waals surface area (Å²) in [7, 11) is -4.00. The third-order valence-electron chi connectivity index (χ3n) is 8.40. The van der Waals surface area contributed by atoms with Gasteiger partial charge in [-0.3, -0.25) is 4.79 Å². The summed E-state index contributed by atoms with van der Waals surface area (Å²) in [5.74, 6) is -0.0500. The van der Waals surface area contributed by atoms with Gasteiger partial charge in [0.25, 0.3) is 15.9 Å². The lowest BCUT2D eigenvalue weighted by Gasteiger charge is -2.44. The normalized spacial score (nSPS) is 22.3. The van der Waals surface area contributed by atoms with Crippen molar-refractivity contribution in [1.82, 2.24) is 14.9 Å². The van der Waals surface area contributed by atoms with Crippen molar-refractivity contribution in [2.24, 2.45) is 5.41 Å². The fourth-order valence-corrected chi connectivity index (χ4v) is 6.92. The Morgan fingerprint density at radius 2 is 1.70 bits per heavy atom. The van der Waals surface area contributed by atoms with Gasteiger partial charge in [0, 0.05) is 35.3 Å². The van der Waals surface area contributed by atoms with E-state index in [2.05, 4.69) is 21.6 Å². The van der Waals surface area contributed by atoms with Gasteiger partial charge < -0.3 is 4.90 Å². The Hall–Kier alpha value is -3.26. The first-order valence-corrected chi connectivity index (χ1v) is 14.5. The number of anilines is 1. The molecule has 2 aliphatic carbocycles. The Bertz CT molecular complexity index is 1490. The number of nitrogens with zero attached hydrogens (tertiary/aromatic N) is 3. The molecule has 6 rings (SSSR count). The van der Waals surface area contributed by atoms with Crippen molar-refractivity contribution in [3.63, 3.8) is 0 Å². The zero-order valence-corrected chi connectivity index (χ0v) is 22.3. The van der Waals surface area contributed by atoms with Crippen LogP contribution in [-0.4, -0.2) is 41.8 Å². The first-order chi connectivity index (χ1) is 17.6. The van der Waals surface area contributed by atoms with Crippen molar-refractivity contribution in [3.8, 4) is 11.3 Å². The topological polar surface area (TPSA) is 92.3 Å². The van der Waals surface area contributed by atoms with Crippen molar-refractivity contribution in [3.05, 3.63) is 70.9 Å². The molecule has 4 bridgehead atoms. The van der Waals surface area contributed by atoms with E-state index >= 15 is 0 Å². The minimum Gasteiger partial charge on any atom is -0.336 e. The van der Waals surface area contributed by atoms with Crippen LogP contribution in [0.5, 0.6) is 0 Å². The van der Waals surface area contributed by atoms with Gasteiger partial charge in [-0.2, -0.15) is 0 Å². The number of aromatic nitrogens is 2. The highest BCUT2D eigenvalue weighted by Gasteiger charge is 2.55. The number of fused-ring (bicyclic) bond motifs is 4. The second-order valence-corrected chi connectivity index (χ2v) is 12.8. The van der Waals surface area contributed by atoms with E-state index in [1.54, 1.807) is 12.1 Å². The molecular formula is C29H32N4O3S. The number of benzene rings is 2. The molecule has 1 spiro atoms. The fourth-order valence-electron chi connectivity index (χ4n) is 5.93. The molecule has 2 aromatic carbocycles. The summed E-state index contributed by atoms with van der Waals surface area (Å²) in [5, 5.41) is 0. The average Bonchev–Trinajstić information content (AvgIpc) is 3.64. The van der Waals surface area contributed by atoms with Crippen molar-refractivity contribution in [2.45, 2.75) is 69.7 Å². The number of nitrogens with one attached hydrogen (secondary N) is 1. The Labute approximate surface area is 218 Å². The zero-order chi connectivity index (χ0) is 25.9. The van der Waals surface area contributed by atoms with E-state index in [4.69, 9.17) is 0 Å². The fraction of sp³-hybridized carbons (Fsp3) is 0.414. The lowest BCUT2D eigenvalue weighted by atomic mass is 9.75. The molecule has 7 nitrogen and oxygen atoms in total. The van der Waals surface area contributed by atoms with Crippen LogP contribution in [0.1, 0.15) is 72.1 Å². The van der Waals surface area contributed by atoms with Gasteiger partial charge >= 0.3 is 0 Å². The first kappa shape index (κ1) is 24.1. The Balaban J connectivity index is 1.45. The number of amides is 1. The van der Waals surface area contributed by atoms with E-state index in [0.29, 0.717) is 23.2 Å². The highest BCUT2D eigenvalue weighted by Crippen LogP contribution is 2.62. The van der Waals surface area contributed by atoms with Crippen LogP contribution in [0, 0.1) is 19.3 Å². The maximum Gasteiger partial charge on any atom is 0.264 e. The number of hydrogen-bond acceptors (Lipinski definition) is 5. The van der Waals surface area contributed by atoms with E-state index in [1.807, 2.05) is 43.0 Å². The molecular weight excluding hydrogens is 484 g/mol. The third kappa shape index (κ3) is 4.41. The van der Waals surface area contributed by atoms with Crippen molar-refractivity contribution in [2.75, 3.05) is 11.3 Å². The molecule has 0 saturated heterocycles. The molecule has 192 valence electrons. The SMILES string of the molecule is Cc1cccc(C)c1-c1cc2nc(n1)NS(=O)(=O)c1cccc(c1)C(=O)N(C1CC3(CC3)C1)CCC2C. The number of aryl methyl sites for hydroxylation is 2. The molecule has 1 amide bonds. The third-order valence-corrected chi connectivity index (χ3v) is 9.73. The minimum absolute atomic E-state index is 0.00320. The van der Waals surface area contributed by atoms with Gasteiger partial charge in [0.2, 0.25) is 5.95 Å². The molecule has 1 aliphatic heterocycles. The molecule has 1 N–H and O–H groups in total. The van der Waals surface area contributed by atoms with Gasteiger partial charge in [-0.05, 0) is 86.8 Å². The maximum atomic E-state index is 13.7. The second kappa shape index (κ2) is 8.65. The van der Waals surface area contributed by atoms with Crippen LogP contribution in [0.4, 0.5) is 5.95 Å². The monoisotopic (exact) mass is 516 g/mol. The number of carbonyl (C=O) groups is 1. The molecule has 3 aromatic rings. The van der Waals surface area contributed by atoms with Gasteiger partial charge in [0.15, 0.2) is 0 Å². The van der Waals surface area contributed by atoms with E-state index in [-0.39, 0.29) is 28.7 Å². The zero-order valence-electron chi connectivity index (χ0n) is 21.5. The molecule has 2 heterocycles. The summed E-state index contributed by atoms with van der Waals surface area (Å²) >= 11 is 0. The summed E-state index contributed by atoms with van der Waals surface area (Å²) in [6.45, 7) is 6.74. The molecule has 2 fully saturated rings. The number of carbonyl (C=O) groups excluding carboxylic acids is 1. The highest BCUT2D eigenvalue weighted by atomic mass is 32.2. The predicted octanol–water partition coefficient (Wildman–Crippen LogP) is 5.45. The summed E-state index contributed by atoms with van der Waals surface area (Å²) in [6.07, 6.45) is 5.32. The standard InChI is InChI=1S/C29H32N4O3S/c1-18-10-13-33(22-16-29(17-22)11-12-29)27(34)21-8-5-9-23(14-21)37(35,36)32-28-30-24(18)15-25(31-28)26-19(2)6-4-7-20(26)3/h4-9,14-15,18,22H,10-13,16-17H2,1-3H3,(H,30,31,32). The predicted molar refractivity (Wildman–Crippen MR) is 143 cm³/mol. The number of hydrogen-bond donors (Lipinski definition) is 1. The van der Waals surface area contributed by atoms with Crippen LogP contribution >= 0.6 is 0 Å². The van der Waals surface area contributed by atoms with Gasteiger partial charge in [-0.1, -0.05) is 31.2 Å². The number of sulfonamides is 1. The maximum absolute atomic E-state index is 13.7. The second-order valence-electron chi connectivity index (χ2n) is 11.2. The van der Waals surface area contributed by atoms with Crippen LogP contribution in [-0.2, 0) is 10.0 Å². The number of rotatable bonds is 2. The molecule has 1 atom stereocenters. The largest absolute Gasteiger partial charge is 0.336 e. The Morgan fingerprint density at radius 1 is 1.00 bits per heavy atom. The van der Waals surface area contributed by atoms with E-state index in [1.165, 1.54) is 25.0 Å². The van der Waals surface area contributed by atoms with Crippen molar-refractivity contribution >= 4 is 21.9 Å². The van der Waals surface area contributed by atoms with Gasteiger partial charge in [0.05, 0.1) is 10.6 Å². The smallest absolute Gasteiger partial charge is 0.264 e. The molecule has 0 radical (unpaired) electrons. The summed E-state index contributed by atoms with van der Waals surface area (Å²) in [4.78, 5) is 25.0. The highest BCUT2D eigenvalue weighted by molar-refractivity contribution is 7.92. The summed E-state index contributed by atoms with van der Waals surface area (Å²) in [6, 6.07) is 14.5. The lowest BCUT2D eigenvalue weighted by molar-refractivity contribution is 0.0401. The van der Waals surface area contributed by atoms with Gasteiger partial charge in [-0.15, -0.1) is 0 Å². The Morgan fingerprint density at radius 3 is 2.41 bits per heavy atom. The van der Waals surface area contributed by atoms with E-state index in [9.17, 15) is 13.2 Å². The van der Waals surface area contributed by atoms with E-state index < -0.39 is 10.0 Å². The van der Waals surface area contributed by atoms with Crippen LogP contribution in [0.3, 0.4) is 0 Å². The van der Waals surface area contributed by atoms with Crippen molar-refractivity contribution in [1.29, 1.82) is 0 Å². The molecule has 37 heavy (non-hydrogen) atoms. The Kier molecular flexibility index (Phi) is 5.64. The van der Waals surface area contributed by atoms with Crippen LogP contribution in [0.15, 0.2) is 53.4 Å². The molecule has 1 aromatic heterocycles. The minimum atomic E-state index is -4.00. The van der Waals surface area contributed by atoms with Gasteiger partial charge in [0.1, 0.15) is 0 Å². The summed E-state index contributed by atoms with van der Waals surface area (Å²) in [5.41, 5.74) is 5.41. The van der Waals surface area contributed by atoms with Gasteiger partial charge in [-0.25, -0.2) is 23.1 Å². The summed E-state index contributed by atoms with van der Waals surface area (Å²) < 4.78 is 29.4. The first-order valence-electron chi connectivity index (χ1n) is 13.0. The van der Waals surface area contributed by atoms with Crippen LogP contribution < -0.4 is 4.72 Å². The van der Waals surface area contributed by atoms with Crippen LogP contribution in [0.25, 0.3) is 11.3 Å². The molecule has 2 saturated carbocycles. The molecule has 1 unspecified atom stereocenters. The average molecular weight is 517 g/mol. The van der Waals surface area contributed by atoms with Crippen LogP contribution in [0.2, 0.25) is 0 Å².